The lowest BCUT2D eigenvalue weighted by molar-refractivity contribution is -0.131. The van der Waals surface area contributed by atoms with Gasteiger partial charge in [0.25, 0.3) is 17.7 Å². The predicted molar refractivity (Wildman–Crippen MR) is 106 cm³/mol. The van der Waals surface area contributed by atoms with Gasteiger partial charge in [0.2, 0.25) is 0 Å². The first-order valence-electron chi connectivity index (χ1n) is 9.64. The van der Waals surface area contributed by atoms with Crippen molar-refractivity contribution in [1.82, 2.24) is 4.90 Å². The van der Waals surface area contributed by atoms with Crippen molar-refractivity contribution in [3.05, 3.63) is 59.2 Å². The fourth-order valence-corrected chi connectivity index (χ4v) is 3.57. The van der Waals surface area contributed by atoms with Crippen LogP contribution in [-0.4, -0.2) is 47.8 Å². The van der Waals surface area contributed by atoms with E-state index in [-0.39, 0.29) is 30.0 Å². The molecule has 4 rings (SSSR count). The van der Waals surface area contributed by atoms with Crippen LogP contribution in [0.15, 0.2) is 42.5 Å². The molecule has 2 aliphatic heterocycles. The fourth-order valence-electron chi connectivity index (χ4n) is 3.57. The van der Waals surface area contributed by atoms with E-state index in [0.29, 0.717) is 29.2 Å². The third-order valence-electron chi connectivity index (χ3n) is 5.02. The lowest BCUT2D eigenvalue weighted by Crippen LogP contribution is -2.36. The van der Waals surface area contributed by atoms with Crippen molar-refractivity contribution in [2.45, 2.75) is 25.9 Å². The molecule has 2 aliphatic rings. The van der Waals surface area contributed by atoms with Crippen molar-refractivity contribution in [2.24, 2.45) is 0 Å². The summed E-state index contributed by atoms with van der Waals surface area (Å²) < 4.78 is 10.5. The first-order valence-corrected chi connectivity index (χ1v) is 9.64. The van der Waals surface area contributed by atoms with E-state index in [1.54, 1.807) is 12.1 Å². The summed E-state index contributed by atoms with van der Waals surface area (Å²) >= 11 is 0. The molecule has 0 aliphatic carbocycles. The van der Waals surface area contributed by atoms with Crippen molar-refractivity contribution in [3.63, 3.8) is 0 Å². The highest BCUT2D eigenvalue weighted by molar-refractivity contribution is 6.22. The minimum atomic E-state index is -0.446. The van der Waals surface area contributed by atoms with Crippen LogP contribution in [-0.2, 0) is 9.53 Å². The van der Waals surface area contributed by atoms with Gasteiger partial charge in [0.1, 0.15) is 5.75 Å². The molecule has 154 valence electrons. The maximum Gasteiger partial charge on any atom is 0.308 e. The summed E-state index contributed by atoms with van der Waals surface area (Å²) in [4.78, 5) is 50.0. The molecule has 0 bridgehead atoms. The predicted octanol–water partition coefficient (Wildman–Crippen LogP) is 2.64. The van der Waals surface area contributed by atoms with Crippen LogP contribution in [0.1, 0.15) is 50.8 Å². The molecule has 0 saturated carbocycles. The molecular weight excluding hydrogens is 388 g/mol. The average Bonchev–Trinajstić information content (AvgIpc) is 3.31. The molecule has 0 spiro atoms. The molecule has 2 aromatic carbocycles. The number of carbonyl (C=O) groups is 4. The molecule has 1 N–H and O–H groups in total. The number of anilines is 1. The Hall–Kier alpha value is -3.52. The molecule has 2 aromatic rings. The minimum absolute atomic E-state index is 0.124. The molecule has 0 radical (unpaired) electrons. The number of nitrogens with zero attached hydrogens (tertiary/aromatic N) is 1. The largest absolute Gasteiger partial charge is 0.427 e. The van der Waals surface area contributed by atoms with Gasteiger partial charge < -0.3 is 14.8 Å². The first kappa shape index (κ1) is 19.8. The first-order chi connectivity index (χ1) is 14.4. The Morgan fingerprint density at radius 1 is 1.10 bits per heavy atom. The van der Waals surface area contributed by atoms with E-state index in [0.717, 1.165) is 12.8 Å². The van der Waals surface area contributed by atoms with Gasteiger partial charge in [-0.1, -0.05) is 0 Å². The molecule has 0 aromatic heterocycles. The zero-order valence-corrected chi connectivity index (χ0v) is 16.3. The van der Waals surface area contributed by atoms with Gasteiger partial charge >= 0.3 is 5.97 Å². The number of nitrogens with one attached hydrogen (secondary N) is 1. The van der Waals surface area contributed by atoms with E-state index >= 15 is 0 Å². The lowest BCUT2D eigenvalue weighted by Gasteiger charge is -2.17. The van der Waals surface area contributed by atoms with Gasteiger partial charge in [0, 0.05) is 24.8 Å². The molecule has 8 heteroatoms. The summed E-state index contributed by atoms with van der Waals surface area (Å²) in [6.45, 7) is 2.18. The van der Waals surface area contributed by atoms with Gasteiger partial charge in [-0.2, -0.15) is 0 Å². The highest BCUT2D eigenvalue weighted by atomic mass is 16.5. The quantitative estimate of drug-likeness (QED) is 0.464. The molecule has 2 heterocycles. The van der Waals surface area contributed by atoms with Crippen LogP contribution in [0.5, 0.6) is 5.75 Å². The van der Waals surface area contributed by atoms with Crippen molar-refractivity contribution >= 4 is 29.4 Å². The van der Waals surface area contributed by atoms with Crippen LogP contribution in [0.4, 0.5) is 5.69 Å². The van der Waals surface area contributed by atoms with E-state index in [9.17, 15) is 19.2 Å². The van der Waals surface area contributed by atoms with Gasteiger partial charge in [0.15, 0.2) is 0 Å². The van der Waals surface area contributed by atoms with Crippen LogP contribution in [0.2, 0.25) is 0 Å². The summed E-state index contributed by atoms with van der Waals surface area (Å²) in [6.07, 6.45) is 1.62. The molecule has 30 heavy (non-hydrogen) atoms. The van der Waals surface area contributed by atoms with E-state index in [4.69, 9.17) is 9.47 Å². The number of carbonyl (C=O) groups excluding carboxylic acids is 4. The van der Waals surface area contributed by atoms with Crippen molar-refractivity contribution in [2.75, 3.05) is 18.5 Å². The Bertz CT molecular complexity index is 1020. The van der Waals surface area contributed by atoms with Crippen LogP contribution >= 0.6 is 0 Å². The van der Waals surface area contributed by atoms with Crippen LogP contribution in [0.25, 0.3) is 0 Å². The molecule has 0 unspecified atom stereocenters. The van der Waals surface area contributed by atoms with Crippen LogP contribution < -0.4 is 10.1 Å². The highest BCUT2D eigenvalue weighted by Crippen LogP contribution is 2.27. The number of hydrogen-bond acceptors (Lipinski definition) is 6. The van der Waals surface area contributed by atoms with Crippen molar-refractivity contribution in [3.8, 4) is 5.75 Å². The molecule has 1 fully saturated rings. The average molecular weight is 408 g/mol. The van der Waals surface area contributed by atoms with Crippen LogP contribution in [0, 0.1) is 0 Å². The number of hydrogen-bond donors (Lipinski definition) is 1. The molecule has 1 saturated heterocycles. The second-order valence-electron chi connectivity index (χ2n) is 7.19. The van der Waals surface area contributed by atoms with Gasteiger partial charge in [-0.05, 0) is 55.3 Å². The number of benzene rings is 2. The maximum atomic E-state index is 12.7. The Kier molecular flexibility index (Phi) is 5.33. The van der Waals surface area contributed by atoms with Gasteiger partial charge in [-0.15, -0.1) is 0 Å². The highest BCUT2D eigenvalue weighted by Gasteiger charge is 2.37. The zero-order chi connectivity index (χ0) is 21.3. The van der Waals surface area contributed by atoms with Crippen molar-refractivity contribution in [1.29, 1.82) is 0 Å². The number of ether oxygens (including phenoxy) is 2. The lowest BCUT2D eigenvalue weighted by atomic mass is 10.1. The Morgan fingerprint density at radius 2 is 1.83 bits per heavy atom. The van der Waals surface area contributed by atoms with E-state index in [2.05, 4.69) is 5.32 Å². The Morgan fingerprint density at radius 3 is 2.50 bits per heavy atom. The van der Waals surface area contributed by atoms with Crippen LogP contribution in [0.3, 0.4) is 0 Å². The molecular formula is C22H20N2O6. The third-order valence-corrected chi connectivity index (χ3v) is 5.02. The van der Waals surface area contributed by atoms with Gasteiger partial charge in [0.05, 0.1) is 23.8 Å². The number of esters is 1. The second kappa shape index (κ2) is 8.08. The maximum absolute atomic E-state index is 12.7. The summed E-state index contributed by atoms with van der Waals surface area (Å²) in [5.74, 6) is -1.22. The molecule has 3 amide bonds. The van der Waals surface area contributed by atoms with E-state index < -0.39 is 11.9 Å². The number of rotatable bonds is 5. The number of fused-ring (bicyclic) bond motifs is 1. The Balaban J connectivity index is 1.46. The zero-order valence-electron chi connectivity index (χ0n) is 16.3. The summed E-state index contributed by atoms with van der Waals surface area (Å²) in [5, 5.41) is 2.72. The van der Waals surface area contributed by atoms with E-state index in [1.807, 2.05) is 0 Å². The number of imide groups is 1. The smallest absolute Gasteiger partial charge is 0.308 e. The summed E-state index contributed by atoms with van der Waals surface area (Å²) in [5.41, 5.74) is 1.35. The normalized spacial score (nSPS) is 17.8. The summed E-state index contributed by atoms with van der Waals surface area (Å²) in [6, 6.07) is 10.7. The fraction of sp³-hybridized carbons (Fsp3) is 0.273. The summed E-state index contributed by atoms with van der Waals surface area (Å²) in [7, 11) is 0. The van der Waals surface area contributed by atoms with E-state index in [1.165, 1.54) is 42.2 Å². The van der Waals surface area contributed by atoms with Gasteiger partial charge in [-0.3, -0.25) is 24.1 Å². The molecule has 8 nitrogen and oxygen atoms in total. The minimum Gasteiger partial charge on any atom is -0.427 e. The van der Waals surface area contributed by atoms with Gasteiger partial charge in [-0.25, -0.2) is 0 Å². The van der Waals surface area contributed by atoms with Crippen molar-refractivity contribution < 1.29 is 28.7 Å². The SMILES string of the molecule is CC(=O)Oc1ccc(C(=O)Nc2ccc3c(c2)C(=O)N(C[C@@H]2CCCO2)C3=O)cc1. The second-order valence-corrected chi connectivity index (χ2v) is 7.19. The topological polar surface area (TPSA) is 102 Å². The monoisotopic (exact) mass is 408 g/mol. The Labute approximate surface area is 172 Å². The third kappa shape index (κ3) is 3.95. The standard InChI is InChI=1S/C22H20N2O6/c1-13(25)30-16-7-4-14(5-8-16)20(26)23-15-6-9-18-19(11-15)22(28)24(21(18)27)12-17-3-2-10-29-17/h4-9,11,17H,2-3,10,12H2,1H3,(H,23,26)/t17-/m0/s1. The number of amides is 3. The molecule has 1 atom stereocenters.